The molecule has 0 heterocycles. The Labute approximate surface area is 118 Å². The van der Waals surface area contributed by atoms with E-state index in [4.69, 9.17) is 12.2 Å². The highest BCUT2D eigenvalue weighted by Gasteiger charge is 2.10. The molecule has 2 rings (SSSR count). The van der Waals surface area contributed by atoms with Crippen LogP contribution >= 0.6 is 24.0 Å². The van der Waals surface area contributed by atoms with Crippen molar-refractivity contribution in [2.24, 2.45) is 0 Å². The molecule has 1 unspecified atom stereocenters. The van der Waals surface area contributed by atoms with Gasteiger partial charge in [0.15, 0.2) is 0 Å². The molecule has 2 aromatic carbocycles. The summed E-state index contributed by atoms with van der Waals surface area (Å²) in [4.78, 5) is 0. The lowest BCUT2D eigenvalue weighted by Gasteiger charge is -2.12. The second-order valence-corrected chi connectivity index (χ2v) is 6.34. The fourth-order valence-electron chi connectivity index (χ4n) is 1.71. The van der Waals surface area contributed by atoms with Gasteiger partial charge >= 0.3 is 0 Å². The molecule has 0 nitrogen and oxygen atoms in total. The molecule has 0 radical (unpaired) electrons. The molecule has 0 aliphatic carbocycles. The van der Waals surface area contributed by atoms with E-state index in [0.717, 1.165) is 9.76 Å². The molecule has 1 atom stereocenters. The average molecular weight is 272 g/mol. The van der Waals surface area contributed by atoms with Crippen molar-refractivity contribution in [3.8, 4) is 0 Å². The maximum Gasteiger partial charge on any atom is 0.0784 e. The topological polar surface area (TPSA) is 0 Å². The molecule has 0 fully saturated rings. The summed E-state index contributed by atoms with van der Waals surface area (Å²) in [5.41, 5.74) is 3.75. The van der Waals surface area contributed by atoms with Crippen LogP contribution in [0.15, 0.2) is 54.6 Å². The first-order valence-electron chi connectivity index (χ1n) is 5.99. The van der Waals surface area contributed by atoms with Crippen molar-refractivity contribution in [2.45, 2.75) is 19.1 Å². The maximum absolute atomic E-state index is 5.49. The standard InChI is InChI=1S/C16H16S2/c1-12-8-10-14(11-9-12)13(2)18-16(17)15-6-4-3-5-7-15/h3-11,13H,1-2H3. The number of hydrogen-bond acceptors (Lipinski definition) is 2. The van der Waals surface area contributed by atoms with Crippen molar-refractivity contribution >= 4 is 28.2 Å². The molecule has 2 heteroatoms. The molecule has 0 spiro atoms. The van der Waals surface area contributed by atoms with Crippen molar-refractivity contribution in [3.05, 3.63) is 71.3 Å². The lowest BCUT2D eigenvalue weighted by Crippen LogP contribution is -1.96. The van der Waals surface area contributed by atoms with Gasteiger partial charge in [0.25, 0.3) is 0 Å². The number of thiocarbonyl (C=S) groups is 1. The van der Waals surface area contributed by atoms with Crippen LogP contribution < -0.4 is 0 Å². The third-order valence-electron chi connectivity index (χ3n) is 2.84. The minimum Gasteiger partial charge on any atom is -0.106 e. The van der Waals surface area contributed by atoms with Crippen LogP contribution in [0.1, 0.15) is 28.9 Å². The highest BCUT2D eigenvalue weighted by molar-refractivity contribution is 8.23. The van der Waals surface area contributed by atoms with Crippen molar-refractivity contribution in [3.63, 3.8) is 0 Å². The van der Waals surface area contributed by atoms with Crippen LogP contribution in [0.2, 0.25) is 0 Å². The second kappa shape index (κ2) is 6.17. The van der Waals surface area contributed by atoms with Gasteiger partial charge in [0.2, 0.25) is 0 Å². The highest BCUT2D eigenvalue weighted by Crippen LogP contribution is 2.31. The second-order valence-electron chi connectivity index (χ2n) is 4.32. The third-order valence-corrected chi connectivity index (χ3v) is 4.44. The van der Waals surface area contributed by atoms with Crippen LogP contribution in [0.25, 0.3) is 0 Å². The first-order chi connectivity index (χ1) is 8.66. The van der Waals surface area contributed by atoms with Crippen LogP contribution in [0, 0.1) is 6.92 Å². The van der Waals surface area contributed by atoms with Crippen molar-refractivity contribution in [2.75, 3.05) is 0 Å². The van der Waals surface area contributed by atoms with E-state index in [2.05, 4.69) is 50.2 Å². The van der Waals surface area contributed by atoms with Crippen LogP contribution in [0.4, 0.5) is 0 Å². The number of benzene rings is 2. The van der Waals surface area contributed by atoms with Gasteiger partial charge in [0.1, 0.15) is 0 Å². The normalized spacial score (nSPS) is 12.1. The van der Waals surface area contributed by atoms with Gasteiger partial charge in [-0.1, -0.05) is 72.4 Å². The van der Waals surface area contributed by atoms with Crippen molar-refractivity contribution < 1.29 is 0 Å². The lowest BCUT2D eigenvalue weighted by atomic mass is 10.1. The zero-order valence-electron chi connectivity index (χ0n) is 10.6. The zero-order chi connectivity index (χ0) is 13.0. The molecular weight excluding hydrogens is 256 g/mol. The molecule has 92 valence electrons. The van der Waals surface area contributed by atoms with E-state index in [1.165, 1.54) is 11.1 Å². The van der Waals surface area contributed by atoms with Gasteiger partial charge in [-0.25, -0.2) is 0 Å². The Balaban J connectivity index is 2.06. The van der Waals surface area contributed by atoms with Gasteiger partial charge in [-0.05, 0) is 25.0 Å². The van der Waals surface area contributed by atoms with E-state index >= 15 is 0 Å². The Kier molecular flexibility index (Phi) is 4.56. The molecule has 0 amide bonds. The molecule has 0 saturated carbocycles. The first-order valence-corrected chi connectivity index (χ1v) is 7.28. The summed E-state index contributed by atoms with van der Waals surface area (Å²) in [7, 11) is 0. The van der Waals surface area contributed by atoms with E-state index < -0.39 is 0 Å². The molecule has 0 N–H and O–H groups in total. The Morgan fingerprint density at radius 2 is 1.61 bits per heavy atom. The van der Waals surface area contributed by atoms with E-state index in [9.17, 15) is 0 Å². The monoisotopic (exact) mass is 272 g/mol. The van der Waals surface area contributed by atoms with E-state index in [1.54, 1.807) is 11.8 Å². The number of hydrogen-bond donors (Lipinski definition) is 0. The summed E-state index contributed by atoms with van der Waals surface area (Å²) in [6.07, 6.45) is 0. The summed E-state index contributed by atoms with van der Waals surface area (Å²) >= 11 is 7.23. The van der Waals surface area contributed by atoms with Crippen LogP contribution in [-0.2, 0) is 0 Å². The SMILES string of the molecule is Cc1ccc(C(C)SC(=S)c2ccccc2)cc1. The number of aryl methyl sites for hydroxylation is 1. The molecule has 0 bridgehead atoms. The lowest BCUT2D eigenvalue weighted by molar-refractivity contribution is 1.10. The van der Waals surface area contributed by atoms with Crippen molar-refractivity contribution in [1.82, 2.24) is 0 Å². The van der Waals surface area contributed by atoms with Gasteiger partial charge in [-0.3, -0.25) is 0 Å². The molecule has 2 aromatic rings. The molecule has 0 aliphatic heterocycles. The van der Waals surface area contributed by atoms with Crippen LogP contribution in [0.3, 0.4) is 0 Å². The summed E-state index contributed by atoms with van der Waals surface area (Å²) in [6, 6.07) is 18.9. The van der Waals surface area contributed by atoms with E-state index in [0.29, 0.717) is 5.25 Å². The summed E-state index contributed by atoms with van der Waals surface area (Å²) in [5.74, 6) is 0. The molecule has 18 heavy (non-hydrogen) atoms. The minimum atomic E-state index is 0.387. The predicted molar refractivity (Wildman–Crippen MR) is 85.3 cm³/mol. The summed E-state index contributed by atoms with van der Waals surface area (Å²) in [6.45, 7) is 4.31. The molecule has 0 aromatic heterocycles. The van der Waals surface area contributed by atoms with Crippen LogP contribution in [0.5, 0.6) is 0 Å². The smallest absolute Gasteiger partial charge is 0.0784 e. The zero-order valence-corrected chi connectivity index (χ0v) is 12.2. The molecular formula is C16H16S2. The fraction of sp³-hybridized carbons (Fsp3) is 0.188. The number of rotatable bonds is 3. The average Bonchev–Trinajstić information content (AvgIpc) is 2.40. The Hall–Kier alpha value is -1.12. The quantitative estimate of drug-likeness (QED) is 0.707. The van der Waals surface area contributed by atoms with Crippen molar-refractivity contribution in [1.29, 1.82) is 0 Å². The van der Waals surface area contributed by atoms with Gasteiger partial charge in [0.05, 0.1) is 4.20 Å². The molecule has 0 saturated heterocycles. The van der Waals surface area contributed by atoms with E-state index in [1.807, 2.05) is 18.2 Å². The third kappa shape index (κ3) is 3.44. The largest absolute Gasteiger partial charge is 0.106 e. The summed E-state index contributed by atoms with van der Waals surface area (Å²) < 4.78 is 0.962. The van der Waals surface area contributed by atoms with Gasteiger partial charge < -0.3 is 0 Å². The Bertz CT molecular complexity index is 515. The number of thioether (sulfide) groups is 1. The Morgan fingerprint density at radius 3 is 2.22 bits per heavy atom. The Morgan fingerprint density at radius 1 is 1.00 bits per heavy atom. The van der Waals surface area contributed by atoms with Gasteiger partial charge in [-0.15, -0.1) is 11.8 Å². The minimum absolute atomic E-state index is 0.387. The first kappa shape index (κ1) is 13.3. The van der Waals surface area contributed by atoms with Gasteiger partial charge in [0, 0.05) is 5.25 Å². The molecule has 0 aliphatic rings. The van der Waals surface area contributed by atoms with Gasteiger partial charge in [-0.2, -0.15) is 0 Å². The maximum atomic E-state index is 5.49. The predicted octanol–water partition coefficient (Wildman–Crippen LogP) is 5.16. The van der Waals surface area contributed by atoms with Crippen LogP contribution in [-0.4, -0.2) is 4.20 Å². The summed E-state index contributed by atoms with van der Waals surface area (Å²) in [5, 5.41) is 0.387. The van der Waals surface area contributed by atoms with E-state index in [-0.39, 0.29) is 0 Å². The fourth-order valence-corrected chi connectivity index (χ4v) is 3.16. The highest BCUT2D eigenvalue weighted by atomic mass is 32.2.